The van der Waals surface area contributed by atoms with Crippen LogP contribution in [0.15, 0.2) is 53.7 Å². The lowest BCUT2D eigenvalue weighted by molar-refractivity contribution is -0.117. The SMILES string of the molecule is CCN(C(=O)C(C)Sc1nnc(-c2ccc(OC)c(OC)c2)n1C1CCCCC1)c1ccccc1. The van der Waals surface area contributed by atoms with Crippen molar-refractivity contribution in [3.8, 4) is 22.9 Å². The quantitative estimate of drug-likeness (QED) is 0.340. The summed E-state index contributed by atoms with van der Waals surface area (Å²) in [7, 11) is 3.26. The lowest BCUT2D eigenvalue weighted by Gasteiger charge is -2.27. The highest BCUT2D eigenvalue weighted by molar-refractivity contribution is 8.00. The fraction of sp³-hybridized carbons (Fsp3) is 0.444. The van der Waals surface area contributed by atoms with Crippen LogP contribution in [0.4, 0.5) is 5.69 Å². The number of methoxy groups -OCH3 is 2. The van der Waals surface area contributed by atoms with E-state index in [1.807, 2.05) is 67.3 Å². The van der Waals surface area contributed by atoms with E-state index >= 15 is 0 Å². The fourth-order valence-electron chi connectivity index (χ4n) is 4.70. The zero-order valence-corrected chi connectivity index (χ0v) is 21.8. The molecule has 1 aliphatic carbocycles. The van der Waals surface area contributed by atoms with Gasteiger partial charge in [-0.1, -0.05) is 49.2 Å². The molecule has 1 unspecified atom stereocenters. The van der Waals surface area contributed by atoms with E-state index in [-0.39, 0.29) is 11.2 Å². The Labute approximate surface area is 211 Å². The lowest BCUT2D eigenvalue weighted by Crippen LogP contribution is -2.36. The Morgan fingerprint density at radius 3 is 2.43 bits per heavy atom. The second kappa shape index (κ2) is 11.6. The summed E-state index contributed by atoms with van der Waals surface area (Å²) in [5, 5.41) is 9.66. The van der Waals surface area contributed by atoms with Crippen molar-refractivity contribution in [2.24, 2.45) is 0 Å². The van der Waals surface area contributed by atoms with E-state index < -0.39 is 0 Å². The molecule has 1 aliphatic rings. The first-order chi connectivity index (χ1) is 17.1. The van der Waals surface area contributed by atoms with Gasteiger partial charge in [0.1, 0.15) is 0 Å². The summed E-state index contributed by atoms with van der Waals surface area (Å²) in [6.45, 7) is 4.57. The molecule has 0 radical (unpaired) electrons. The monoisotopic (exact) mass is 494 g/mol. The van der Waals surface area contributed by atoms with Gasteiger partial charge in [0.25, 0.3) is 0 Å². The largest absolute Gasteiger partial charge is 0.493 e. The highest BCUT2D eigenvalue weighted by atomic mass is 32.2. The van der Waals surface area contributed by atoms with Gasteiger partial charge in [0, 0.05) is 23.8 Å². The summed E-state index contributed by atoms with van der Waals surface area (Å²) >= 11 is 1.49. The maximum atomic E-state index is 13.4. The van der Waals surface area contributed by atoms with Gasteiger partial charge in [-0.15, -0.1) is 10.2 Å². The molecule has 1 atom stereocenters. The number of anilines is 1. The van der Waals surface area contributed by atoms with E-state index in [2.05, 4.69) is 14.8 Å². The van der Waals surface area contributed by atoms with E-state index in [9.17, 15) is 4.79 Å². The van der Waals surface area contributed by atoms with E-state index in [1.54, 1.807) is 14.2 Å². The summed E-state index contributed by atoms with van der Waals surface area (Å²) in [5.41, 5.74) is 1.83. The van der Waals surface area contributed by atoms with E-state index in [0.717, 1.165) is 35.1 Å². The van der Waals surface area contributed by atoms with Crippen molar-refractivity contribution in [1.29, 1.82) is 0 Å². The predicted molar refractivity (Wildman–Crippen MR) is 140 cm³/mol. The smallest absolute Gasteiger partial charge is 0.240 e. The molecule has 1 amide bonds. The number of amides is 1. The molecular formula is C27H34N4O3S. The van der Waals surface area contributed by atoms with Crippen LogP contribution in [-0.2, 0) is 4.79 Å². The number of hydrogen-bond acceptors (Lipinski definition) is 6. The van der Waals surface area contributed by atoms with Crippen LogP contribution in [0, 0.1) is 0 Å². The van der Waals surface area contributed by atoms with Crippen molar-refractivity contribution in [2.45, 2.75) is 62.4 Å². The number of thioether (sulfide) groups is 1. The van der Waals surface area contributed by atoms with E-state index in [0.29, 0.717) is 24.1 Å². The molecule has 7 nitrogen and oxygen atoms in total. The van der Waals surface area contributed by atoms with Gasteiger partial charge in [-0.2, -0.15) is 0 Å². The number of hydrogen-bond donors (Lipinski definition) is 0. The third-order valence-electron chi connectivity index (χ3n) is 6.53. The second-order valence-electron chi connectivity index (χ2n) is 8.72. The average Bonchev–Trinajstić information content (AvgIpc) is 3.33. The topological polar surface area (TPSA) is 69.5 Å². The normalized spacial score (nSPS) is 15.0. The molecule has 186 valence electrons. The summed E-state index contributed by atoms with van der Waals surface area (Å²) in [5.74, 6) is 2.20. The van der Waals surface area contributed by atoms with Crippen LogP contribution in [0.25, 0.3) is 11.4 Å². The molecule has 2 aromatic carbocycles. The molecule has 1 heterocycles. The minimum absolute atomic E-state index is 0.0644. The van der Waals surface area contributed by atoms with Crippen LogP contribution >= 0.6 is 11.8 Å². The molecule has 0 saturated heterocycles. The van der Waals surface area contributed by atoms with Gasteiger partial charge in [-0.3, -0.25) is 9.36 Å². The minimum atomic E-state index is -0.306. The summed E-state index contributed by atoms with van der Waals surface area (Å²) < 4.78 is 13.2. The zero-order chi connectivity index (χ0) is 24.8. The van der Waals surface area contributed by atoms with Crippen LogP contribution in [0.1, 0.15) is 52.0 Å². The van der Waals surface area contributed by atoms with Crippen molar-refractivity contribution in [2.75, 3.05) is 25.7 Å². The average molecular weight is 495 g/mol. The van der Waals surface area contributed by atoms with Gasteiger partial charge in [0.15, 0.2) is 22.5 Å². The number of carbonyl (C=O) groups is 1. The standard InChI is InChI=1S/C27H34N4O3S/c1-5-30(21-12-8-6-9-13-21)26(32)19(2)35-27-29-28-25(31(27)22-14-10-7-11-15-22)20-16-17-23(33-3)24(18-20)34-4/h6,8-9,12-13,16-19,22H,5,7,10-11,14-15H2,1-4H3. The van der Waals surface area contributed by atoms with Gasteiger partial charge in [-0.25, -0.2) is 0 Å². The first kappa shape index (κ1) is 25.1. The van der Waals surface area contributed by atoms with Crippen molar-refractivity contribution < 1.29 is 14.3 Å². The molecule has 0 aliphatic heterocycles. The number of carbonyl (C=O) groups excluding carboxylic acids is 1. The second-order valence-corrected chi connectivity index (χ2v) is 10.0. The van der Waals surface area contributed by atoms with Gasteiger partial charge < -0.3 is 14.4 Å². The summed E-state index contributed by atoms with van der Waals surface area (Å²) in [4.78, 5) is 15.2. The molecule has 1 saturated carbocycles. The Bertz CT molecular complexity index is 1130. The number of aromatic nitrogens is 3. The first-order valence-electron chi connectivity index (χ1n) is 12.3. The Morgan fingerprint density at radius 2 is 1.77 bits per heavy atom. The maximum absolute atomic E-state index is 13.4. The highest BCUT2D eigenvalue weighted by Gasteiger charge is 2.28. The minimum Gasteiger partial charge on any atom is -0.493 e. The molecule has 4 rings (SSSR count). The van der Waals surface area contributed by atoms with Crippen molar-refractivity contribution in [1.82, 2.24) is 14.8 Å². The maximum Gasteiger partial charge on any atom is 0.240 e. The number of para-hydroxylation sites is 1. The van der Waals surface area contributed by atoms with Crippen LogP contribution in [0.2, 0.25) is 0 Å². The van der Waals surface area contributed by atoms with Crippen LogP contribution in [0.3, 0.4) is 0 Å². The van der Waals surface area contributed by atoms with Crippen LogP contribution < -0.4 is 14.4 Å². The third kappa shape index (κ3) is 5.48. The van der Waals surface area contributed by atoms with Crippen molar-refractivity contribution >= 4 is 23.4 Å². The molecule has 8 heteroatoms. The first-order valence-corrected chi connectivity index (χ1v) is 13.2. The van der Waals surface area contributed by atoms with Crippen molar-refractivity contribution in [3.63, 3.8) is 0 Å². The predicted octanol–water partition coefficient (Wildman–Crippen LogP) is 6.00. The van der Waals surface area contributed by atoms with Gasteiger partial charge in [-0.05, 0) is 57.0 Å². The zero-order valence-electron chi connectivity index (χ0n) is 20.9. The Kier molecular flexibility index (Phi) is 8.33. The molecule has 0 spiro atoms. The van der Waals surface area contributed by atoms with E-state index in [4.69, 9.17) is 9.47 Å². The molecule has 1 aromatic heterocycles. The molecule has 0 bridgehead atoms. The van der Waals surface area contributed by atoms with E-state index in [1.165, 1.54) is 31.0 Å². The molecule has 1 fully saturated rings. The number of rotatable bonds is 9. The summed E-state index contributed by atoms with van der Waals surface area (Å²) in [6, 6.07) is 16.0. The lowest BCUT2D eigenvalue weighted by atomic mass is 9.95. The fourth-order valence-corrected chi connectivity index (χ4v) is 5.68. The molecule has 0 N–H and O–H groups in total. The van der Waals surface area contributed by atoms with Gasteiger partial charge in [0.2, 0.25) is 5.91 Å². The van der Waals surface area contributed by atoms with Crippen LogP contribution in [-0.4, -0.2) is 46.7 Å². The molecular weight excluding hydrogens is 460 g/mol. The summed E-state index contributed by atoms with van der Waals surface area (Å²) in [6.07, 6.45) is 5.79. The van der Waals surface area contributed by atoms with Crippen molar-refractivity contribution in [3.05, 3.63) is 48.5 Å². The number of ether oxygens (including phenoxy) is 2. The number of nitrogens with zero attached hydrogens (tertiary/aromatic N) is 4. The number of benzene rings is 2. The Balaban J connectivity index is 1.66. The van der Waals surface area contributed by atoms with Gasteiger partial charge in [0.05, 0.1) is 19.5 Å². The Morgan fingerprint density at radius 1 is 1.06 bits per heavy atom. The van der Waals surface area contributed by atoms with Crippen LogP contribution in [0.5, 0.6) is 11.5 Å². The van der Waals surface area contributed by atoms with Gasteiger partial charge >= 0.3 is 0 Å². The molecule has 35 heavy (non-hydrogen) atoms. The third-order valence-corrected chi connectivity index (χ3v) is 7.57. The Hall–Kier alpha value is -3.00. The highest BCUT2D eigenvalue weighted by Crippen LogP contribution is 2.39. The molecule has 3 aromatic rings.